The lowest BCUT2D eigenvalue weighted by molar-refractivity contribution is -0.0406. The molecule has 1 N–H and O–H groups in total. The molecule has 0 radical (unpaired) electrons. The molecule has 0 amide bonds. The minimum atomic E-state index is 0.0347. The number of morpholine rings is 1. The Balaban J connectivity index is 1.59. The zero-order valence-electron chi connectivity index (χ0n) is 17.3. The summed E-state index contributed by atoms with van der Waals surface area (Å²) in [5, 5.41) is 4.24. The summed E-state index contributed by atoms with van der Waals surface area (Å²) in [7, 11) is 3.72. The molecule has 4 rings (SSSR count). The first-order chi connectivity index (χ1) is 14.5. The van der Waals surface area contributed by atoms with Crippen molar-refractivity contribution in [3.05, 3.63) is 46.7 Å². The molecular weight excluding hydrogens is 448 g/mol. The zero-order chi connectivity index (χ0) is 21.1. The molecule has 1 unspecified atom stereocenters. The Kier molecular flexibility index (Phi) is 6.36. The van der Waals surface area contributed by atoms with Crippen LogP contribution >= 0.6 is 15.9 Å². The van der Waals surface area contributed by atoms with Crippen LogP contribution in [-0.4, -0.2) is 61.4 Å². The monoisotopic (exact) mass is 472 g/mol. The van der Waals surface area contributed by atoms with Gasteiger partial charge in [-0.3, -0.25) is 0 Å². The van der Waals surface area contributed by atoms with Gasteiger partial charge in [-0.1, -0.05) is 15.9 Å². The summed E-state index contributed by atoms with van der Waals surface area (Å²) in [6, 6.07) is 9.88. The Morgan fingerprint density at radius 2 is 2.10 bits per heavy atom. The quantitative estimate of drug-likeness (QED) is 0.577. The van der Waals surface area contributed by atoms with Crippen molar-refractivity contribution in [1.29, 1.82) is 0 Å². The molecule has 2 aromatic carbocycles. The van der Waals surface area contributed by atoms with E-state index in [1.165, 1.54) is 0 Å². The number of likely N-dealkylation sites (N-methyl/N-ethyl adjacent to an activating group) is 1. The summed E-state index contributed by atoms with van der Waals surface area (Å²) in [4.78, 5) is 11.1. The molecule has 0 bridgehead atoms. The maximum absolute atomic E-state index is 6.05. The second-order valence-electron chi connectivity index (χ2n) is 7.40. The van der Waals surface area contributed by atoms with Crippen LogP contribution in [-0.2, 0) is 4.74 Å². The second-order valence-corrected chi connectivity index (χ2v) is 8.25. The van der Waals surface area contributed by atoms with E-state index < -0.39 is 0 Å². The highest BCUT2D eigenvalue weighted by Gasteiger charge is 2.20. The topological polar surface area (TPSA) is 68.7 Å². The molecule has 0 aliphatic carbocycles. The van der Waals surface area contributed by atoms with Crippen LogP contribution in [0.4, 0.5) is 11.5 Å². The number of anilines is 2. The van der Waals surface area contributed by atoms with E-state index in [2.05, 4.69) is 49.2 Å². The third kappa shape index (κ3) is 4.66. The average Bonchev–Trinajstić information content (AvgIpc) is 2.74. The molecule has 7 nitrogen and oxygen atoms in total. The van der Waals surface area contributed by atoms with E-state index in [-0.39, 0.29) is 6.10 Å². The molecule has 1 atom stereocenters. The van der Waals surface area contributed by atoms with Gasteiger partial charge in [-0.15, -0.1) is 0 Å². The molecule has 0 spiro atoms. The van der Waals surface area contributed by atoms with Crippen molar-refractivity contribution in [3.63, 3.8) is 0 Å². The number of hydrogen-bond acceptors (Lipinski definition) is 7. The first-order valence-electron chi connectivity index (χ1n) is 9.82. The number of methoxy groups -OCH3 is 1. The number of nitrogens with one attached hydrogen (secondary N) is 1. The van der Waals surface area contributed by atoms with E-state index in [1.807, 2.05) is 31.2 Å². The van der Waals surface area contributed by atoms with Crippen molar-refractivity contribution in [2.75, 3.05) is 45.8 Å². The maximum Gasteiger partial charge on any atom is 0.163 e. The summed E-state index contributed by atoms with van der Waals surface area (Å²) >= 11 is 3.53. The van der Waals surface area contributed by atoms with Crippen molar-refractivity contribution >= 4 is 38.3 Å². The number of fused-ring (bicyclic) bond motifs is 1. The lowest BCUT2D eigenvalue weighted by atomic mass is 10.2. The number of benzene rings is 2. The number of halogens is 1. The fraction of sp³-hybridized carbons (Fsp3) is 0.364. The Morgan fingerprint density at radius 3 is 2.87 bits per heavy atom. The fourth-order valence-corrected chi connectivity index (χ4v) is 3.69. The van der Waals surface area contributed by atoms with Gasteiger partial charge in [0.1, 0.15) is 24.9 Å². The van der Waals surface area contributed by atoms with Crippen molar-refractivity contribution in [2.24, 2.45) is 0 Å². The smallest absolute Gasteiger partial charge is 0.163 e. The minimum Gasteiger partial charge on any atom is -0.493 e. The van der Waals surface area contributed by atoms with Crippen LogP contribution in [0.5, 0.6) is 11.5 Å². The van der Waals surface area contributed by atoms with Gasteiger partial charge < -0.3 is 24.4 Å². The third-order valence-corrected chi connectivity index (χ3v) is 6.00. The fourth-order valence-electron chi connectivity index (χ4n) is 3.45. The number of aryl methyl sites for hydroxylation is 1. The summed E-state index contributed by atoms with van der Waals surface area (Å²) in [6.07, 6.45) is 1.58. The summed E-state index contributed by atoms with van der Waals surface area (Å²) in [5.41, 5.74) is 2.87. The maximum atomic E-state index is 6.05. The molecule has 2 heterocycles. The summed E-state index contributed by atoms with van der Waals surface area (Å²) < 4.78 is 18.5. The van der Waals surface area contributed by atoms with E-state index >= 15 is 0 Å². The lowest BCUT2D eigenvalue weighted by Gasteiger charge is -2.30. The van der Waals surface area contributed by atoms with Gasteiger partial charge in [0.05, 0.1) is 19.2 Å². The summed E-state index contributed by atoms with van der Waals surface area (Å²) in [6.45, 7) is 5.02. The molecule has 1 saturated heterocycles. The molecular formula is C22H25BrN4O3. The van der Waals surface area contributed by atoms with Crippen LogP contribution in [0.3, 0.4) is 0 Å². The van der Waals surface area contributed by atoms with Gasteiger partial charge in [-0.25, -0.2) is 9.97 Å². The van der Waals surface area contributed by atoms with Gasteiger partial charge in [0.25, 0.3) is 0 Å². The molecule has 1 aliphatic rings. The van der Waals surface area contributed by atoms with Gasteiger partial charge in [-0.05, 0) is 43.8 Å². The first kappa shape index (κ1) is 20.8. The van der Waals surface area contributed by atoms with Gasteiger partial charge in [0, 0.05) is 34.7 Å². The molecule has 1 aliphatic heterocycles. The number of ether oxygens (including phenoxy) is 3. The van der Waals surface area contributed by atoms with E-state index in [4.69, 9.17) is 14.2 Å². The van der Waals surface area contributed by atoms with E-state index in [9.17, 15) is 0 Å². The van der Waals surface area contributed by atoms with Crippen molar-refractivity contribution in [1.82, 2.24) is 14.9 Å². The Hall–Kier alpha value is -2.42. The van der Waals surface area contributed by atoms with Gasteiger partial charge in [-0.2, -0.15) is 0 Å². The first-order valence-corrected chi connectivity index (χ1v) is 10.6. The standard InChI is InChI=1S/C22H25BrN4O3/c1-14-8-15(4-5-18(14)23)26-22-17-9-20(28-3)21(10-19(17)24-13-25-22)30-12-16-11-27(2)6-7-29-16/h4-5,8-10,13,16H,6-7,11-12H2,1-3H3,(H,24,25,26). The third-order valence-electron chi connectivity index (χ3n) is 5.11. The Morgan fingerprint density at radius 1 is 1.23 bits per heavy atom. The lowest BCUT2D eigenvalue weighted by Crippen LogP contribution is -2.42. The van der Waals surface area contributed by atoms with Crippen molar-refractivity contribution in [3.8, 4) is 11.5 Å². The van der Waals surface area contributed by atoms with E-state index in [0.29, 0.717) is 23.9 Å². The van der Waals surface area contributed by atoms with Crippen molar-refractivity contribution < 1.29 is 14.2 Å². The highest BCUT2D eigenvalue weighted by atomic mass is 79.9. The average molecular weight is 473 g/mol. The van der Waals surface area contributed by atoms with Crippen LogP contribution < -0.4 is 14.8 Å². The number of hydrogen-bond donors (Lipinski definition) is 1. The van der Waals surface area contributed by atoms with E-state index in [0.717, 1.165) is 46.3 Å². The van der Waals surface area contributed by atoms with E-state index in [1.54, 1.807) is 13.4 Å². The Bertz CT molecular complexity index is 1050. The highest BCUT2D eigenvalue weighted by molar-refractivity contribution is 9.10. The SMILES string of the molecule is COc1cc2c(Nc3ccc(Br)c(C)c3)ncnc2cc1OCC1CN(C)CCO1. The second kappa shape index (κ2) is 9.16. The van der Waals surface area contributed by atoms with Crippen molar-refractivity contribution in [2.45, 2.75) is 13.0 Å². The van der Waals surface area contributed by atoms with Crippen LogP contribution in [0.25, 0.3) is 10.9 Å². The largest absolute Gasteiger partial charge is 0.493 e. The molecule has 1 fully saturated rings. The van der Waals surface area contributed by atoms with Crippen LogP contribution in [0.15, 0.2) is 41.1 Å². The van der Waals surface area contributed by atoms with Gasteiger partial charge >= 0.3 is 0 Å². The van der Waals surface area contributed by atoms with Gasteiger partial charge in [0.2, 0.25) is 0 Å². The number of aromatic nitrogens is 2. The van der Waals surface area contributed by atoms with Crippen LogP contribution in [0, 0.1) is 6.92 Å². The molecule has 158 valence electrons. The Labute approximate surface area is 184 Å². The highest BCUT2D eigenvalue weighted by Crippen LogP contribution is 2.35. The predicted octanol–water partition coefficient (Wildman–Crippen LogP) is 4.16. The van der Waals surface area contributed by atoms with Crippen LogP contribution in [0.1, 0.15) is 5.56 Å². The molecule has 1 aromatic heterocycles. The molecule has 0 saturated carbocycles. The zero-order valence-corrected chi connectivity index (χ0v) is 18.9. The number of rotatable bonds is 6. The predicted molar refractivity (Wildman–Crippen MR) is 121 cm³/mol. The summed E-state index contributed by atoms with van der Waals surface area (Å²) in [5.74, 6) is 1.99. The normalized spacial score (nSPS) is 17.1. The number of nitrogens with zero attached hydrogens (tertiary/aromatic N) is 3. The van der Waals surface area contributed by atoms with Crippen LogP contribution in [0.2, 0.25) is 0 Å². The molecule has 3 aromatic rings. The molecule has 30 heavy (non-hydrogen) atoms. The minimum absolute atomic E-state index is 0.0347. The van der Waals surface area contributed by atoms with Gasteiger partial charge in [0.15, 0.2) is 11.5 Å². The molecule has 8 heteroatoms.